The van der Waals surface area contributed by atoms with Crippen molar-refractivity contribution in [3.63, 3.8) is 0 Å². The fourth-order valence-electron chi connectivity index (χ4n) is 3.10. The lowest BCUT2D eigenvalue weighted by atomic mass is 9.77. The highest BCUT2D eigenvalue weighted by Crippen LogP contribution is 2.40. The molecule has 27 heavy (non-hydrogen) atoms. The van der Waals surface area contributed by atoms with Gasteiger partial charge < -0.3 is 9.84 Å². The summed E-state index contributed by atoms with van der Waals surface area (Å²) < 4.78 is 5.48. The molecule has 1 N–H and O–H groups in total. The zero-order valence-electron chi connectivity index (χ0n) is 17.6. The number of esters is 1. The molecular weight excluding hydrogens is 336 g/mol. The number of hydrogen-bond donors (Lipinski definition) is 1. The lowest BCUT2D eigenvalue weighted by molar-refractivity contribution is -0.138. The van der Waals surface area contributed by atoms with Crippen molar-refractivity contribution in [2.75, 3.05) is 0 Å². The van der Waals surface area contributed by atoms with Crippen LogP contribution in [0.15, 0.2) is 42.5 Å². The van der Waals surface area contributed by atoms with Crippen LogP contribution in [0.25, 0.3) is 0 Å². The van der Waals surface area contributed by atoms with Gasteiger partial charge in [-0.05, 0) is 46.1 Å². The van der Waals surface area contributed by atoms with Crippen LogP contribution in [0, 0.1) is 5.92 Å². The van der Waals surface area contributed by atoms with Gasteiger partial charge in [0.25, 0.3) is 0 Å². The van der Waals surface area contributed by atoms with Crippen LogP contribution in [-0.2, 0) is 22.0 Å². The van der Waals surface area contributed by atoms with Crippen LogP contribution in [0.1, 0.15) is 65.2 Å². The van der Waals surface area contributed by atoms with Gasteiger partial charge in [0.15, 0.2) is 0 Å². The second-order valence-corrected chi connectivity index (χ2v) is 9.38. The highest BCUT2D eigenvalue weighted by Gasteiger charge is 2.27. The molecule has 0 heterocycles. The van der Waals surface area contributed by atoms with Crippen LogP contribution in [-0.4, -0.2) is 11.1 Å². The maximum absolute atomic E-state index is 12.5. The predicted octanol–water partition coefficient (Wildman–Crippen LogP) is 5.77. The number of rotatable bonds is 4. The molecule has 1 atom stereocenters. The quantitative estimate of drug-likeness (QED) is 0.550. The largest absolute Gasteiger partial charge is 0.507 e. The third-order valence-corrected chi connectivity index (χ3v) is 4.69. The van der Waals surface area contributed by atoms with E-state index in [4.69, 9.17) is 4.74 Å². The molecule has 0 saturated heterocycles. The van der Waals surface area contributed by atoms with Crippen LogP contribution in [0.3, 0.4) is 0 Å². The Hall–Kier alpha value is -2.29. The molecule has 2 aromatic carbocycles. The molecular formula is C24H32O3. The fraction of sp³-hybridized carbons (Fsp3) is 0.458. The van der Waals surface area contributed by atoms with Crippen LogP contribution in [0.5, 0.6) is 11.5 Å². The Bertz CT molecular complexity index is 758. The first kappa shape index (κ1) is 21.0. The van der Waals surface area contributed by atoms with E-state index in [1.807, 2.05) is 37.3 Å². The van der Waals surface area contributed by atoms with Gasteiger partial charge in [-0.25, -0.2) is 0 Å². The van der Waals surface area contributed by atoms with Gasteiger partial charge in [-0.3, -0.25) is 4.79 Å². The Balaban J connectivity index is 2.30. The van der Waals surface area contributed by atoms with Crippen molar-refractivity contribution in [2.45, 2.75) is 65.7 Å². The topological polar surface area (TPSA) is 46.5 Å². The van der Waals surface area contributed by atoms with Crippen molar-refractivity contribution in [3.05, 3.63) is 59.2 Å². The Morgan fingerprint density at radius 1 is 0.963 bits per heavy atom. The standard InChI is InChI=1S/C24H32O3/c1-16(22(26)27-18-11-9-8-10-12-18)13-17-14-19(23(2,3)4)21(25)20(15-17)24(5,6)7/h8-12,14-16,25H,13H2,1-7H3. The number of carbonyl (C=O) groups excluding carboxylic acids is 1. The van der Waals surface area contributed by atoms with Crippen molar-refractivity contribution in [2.24, 2.45) is 5.92 Å². The minimum Gasteiger partial charge on any atom is -0.507 e. The molecule has 2 rings (SSSR count). The number of hydrogen-bond acceptors (Lipinski definition) is 3. The number of aromatic hydroxyl groups is 1. The molecule has 0 radical (unpaired) electrons. The van der Waals surface area contributed by atoms with E-state index in [2.05, 4.69) is 41.5 Å². The van der Waals surface area contributed by atoms with Crippen molar-refractivity contribution < 1.29 is 14.6 Å². The van der Waals surface area contributed by atoms with Crippen molar-refractivity contribution in [3.8, 4) is 11.5 Å². The molecule has 0 bridgehead atoms. The monoisotopic (exact) mass is 368 g/mol. The van der Waals surface area contributed by atoms with E-state index in [0.717, 1.165) is 16.7 Å². The van der Waals surface area contributed by atoms with Crippen LogP contribution < -0.4 is 4.74 Å². The molecule has 2 aromatic rings. The summed E-state index contributed by atoms with van der Waals surface area (Å²) in [4.78, 5) is 12.5. The Morgan fingerprint density at radius 3 is 1.89 bits per heavy atom. The lowest BCUT2D eigenvalue weighted by Gasteiger charge is -2.28. The molecule has 0 aliphatic rings. The molecule has 3 nitrogen and oxygen atoms in total. The summed E-state index contributed by atoms with van der Waals surface area (Å²) in [6.45, 7) is 14.4. The van der Waals surface area contributed by atoms with Crippen molar-refractivity contribution in [1.29, 1.82) is 0 Å². The second-order valence-electron chi connectivity index (χ2n) is 9.38. The third-order valence-electron chi connectivity index (χ3n) is 4.69. The molecule has 0 aromatic heterocycles. The maximum Gasteiger partial charge on any atom is 0.314 e. The minimum absolute atomic E-state index is 0.187. The van der Waals surface area contributed by atoms with Gasteiger partial charge in [-0.15, -0.1) is 0 Å². The van der Waals surface area contributed by atoms with Crippen molar-refractivity contribution in [1.82, 2.24) is 0 Å². The van der Waals surface area contributed by atoms with E-state index in [1.54, 1.807) is 12.1 Å². The summed E-state index contributed by atoms with van der Waals surface area (Å²) in [5.74, 6) is 0.392. The smallest absolute Gasteiger partial charge is 0.314 e. The summed E-state index contributed by atoms with van der Waals surface area (Å²) in [7, 11) is 0. The van der Waals surface area contributed by atoms with Gasteiger partial charge in [-0.1, -0.05) is 78.8 Å². The number of phenols is 1. The minimum atomic E-state index is -0.282. The molecule has 0 aliphatic heterocycles. The lowest BCUT2D eigenvalue weighted by Crippen LogP contribution is -2.22. The Kier molecular flexibility index (Phi) is 6.04. The van der Waals surface area contributed by atoms with E-state index in [1.165, 1.54) is 0 Å². The van der Waals surface area contributed by atoms with E-state index < -0.39 is 0 Å². The van der Waals surface area contributed by atoms with Gasteiger partial charge in [0.2, 0.25) is 0 Å². The number of carbonyl (C=O) groups is 1. The fourth-order valence-corrected chi connectivity index (χ4v) is 3.10. The zero-order valence-corrected chi connectivity index (χ0v) is 17.6. The zero-order chi connectivity index (χ0) is 20.4. The molecule has 3 heteroatoms. The normalized spacial score (nSPS) is 13.3. The number of ether oxygens (including phenoxy) is 1. The number of para-hydroxylation sites is 1. The Labute approximate surface area is 163 Å². The molecule has 0 aliphatic carbocycles. The molecule has 0 spiro atoms. The maximum atomic E-state index is 12.5. The second kappa shape index (κ2) is 7.75. The highest BCUT2D eigenvalue weighted by atomic mass is 16.5. The first-order chi connectivity index (χ1) is 12.4. The average molecular weight is 369 g/mol. The molecule has 0 saturated carbocycles. The molecule has 1 unspecified atom stereocenters. The first-order valence-electron chi connectivity index (χ1n) is 9.53. The van der Waals surface area contributed by atoms with Gasteiger partial charge in [0, 0.05) is 0 Å². The predicted molar refractivity (Wildman–Crippen MR) is 110 cm³/mol. The summed E-state index contributed by atoms with van der Waals surface area (Å²) >= 11 is 0. The van der Waals surface area contributed by atoms with Crippen molar-refractivity contribution >= 4 is 5.97 Å². The van der Waals surface area contributed by atoms with E-state index in [9.17, 15) is 9.90 Å². The SMILES string of the molecule is CC(Cc1cc(C(C)(C)C)c(O)c(C(C)(C)C)c1)C(=O)Oc1ccccc1. The molecule has 0 fully saturated rings. The van der Waals surface area contributed by atoms with E-state index in [0.29, 0.717) is 17.9 Å². The first-order valence-corrected chi connectivity index (χ1v) is 9.53. The Morgan fingerprint density at radius 2 is 1.44 bits per heavy atom. The van der Waals surface area contributed by atoms with E-state index in [-0.39, 0.29) is 22.7 Å². The number of phenolic OH excluding ortho intramolecular Hbond substituents is 1. The van der Waals surface area contributed by atoms with Crippen LogP contribution in [0.4, 0.5) is 0 Å². The van der Waals surface area contributed by atoms with Gasteiger partial charge >= 0.3 is 5.97 Å². The van der Waals surface area contributed by atoms with E-state index >= 15 is 0 Å². The van der Waals surface area contributed by atoms with Gasteiger partial charge in [-0.2, -0.15) is 0 Å². The number of benzene rings is 2. The molecule has 0 amide bonds. The molecule has 146 valence electrons. The summed E-state index contributed by atoms with van der Waals surface area (Å²) in [6, 6.07) is 13.2. The summed E-state index contributed by atoms with van der Waals surface area (Å²) in [6.07, 6.45) is 0.568. The average Bonchev–Trinajstić information content (AvgIpc) is 2.55. The highest BCUT2D eigenvalue weighted by molar-refractivity contribution is 5.75. The van der Waals surface area contributed by atoms with Crippen LogP contribution in [0.2, 0.25) is 0 Å². The summed E-state index contributed by atoms with van der Waals surface area (Å²) in [5.41, 5.74) is 2.49. The summed E-state index contributed by atoms with van der Waals surface area (Å²) in [5, 5.41) is 10.8. The van der Waals surface area contributed by atoms with Gasteiger partial charge in [0.05, 0.1) is 5.92 Å². The van der Waals surface area contributed by atoms with Crippen LogP contribution >= 0.6 is 0 Å². The van der Waals surface area contributed by atoms with Gasteiger partial charge in [0.1, 0.15) is 11.5 Å². The third kappa shape index (κ3) is 5.35.